The van der Waals surface area contributed by atoms with Gasteiger partial charge in [0.05, 0.1) is 0 Å². The van der Waals surface area contributed by atoms with E-state index in [4.69, 9.17) is 5.11 Å². The second kappa shape index (κ2) is 6.26. The van der Waals surface area contributed by atoms with Crippen LogP contribution in [0.2, 0.25) is 0 Å². The molecular weight excluding hydrogens is 244 g/mol. The molecule has 5 heteroatoms. The van der Waals surface area contributed by atoms with E-state index in [-0.39, 0.29) is 18.4 Å². The van der Waals surface area contributed by atoms with Gasteiger partial charge in [0.1, 0.15) is 0 Å². The smallest absolute Gasteiger partial charge is 0.317 e. The topological polar surface area (TPSA) is 69.6 Å². The average molecular weight is 268 g/mol. The van der Waals surface area contributed by atoms with Crippen molar-refractivity contribution in [3.63, 3.8) is 0 Å². The van der Waals surface area contributed by atoms with Crippen LogP contribution in [0.3, 0.4) is 0 Å². The van der Waals surface area contributed by atoms with Crippen molar-refractivity contribution in [3.8, 4) is 0 Å². The second-order valence-electron chi connectivity index (χ2n) is 6.05. The molecule has 1 saturated carbocycles. The molecule has 2 aliphatic rings. The van der Waals surface area contributed by atoms with Crippen molar-refractivity contribution < 1.29 is 14.7 Å². The zero-order valence-electron chi connectivity index (χ0n) is 11.6. The summed E-state index contributed by atoms with van der Waals surface area (Å²) in [5.74, 6) is 0.667. The maximum atomic E-state index is 12.0. The van der Waals surface area contributed by atoms with E-state index in [1.54, 1.807) is 4.90 Å². The fraction of sp³-hybridized carbons (Fsp3) is 0.857. The average Bonchev–Trinajstić information content (AvgIpc) is 2.95. The maximum absolute atomic E-state index is 12.0. The zero-order valence-corrected chi connectivity index (χ0v) is 11.6. The van der Waals surface area contributed by atoms with Crippen LogP contribution in [-0.2, 0) is 4.79 Å². The minimum atomic E-state index is -0.771. The molecule has 1 aliphatic heterocycles. The van der Waals surface area contributed by atoms with Crippen LogP contribution in [-0.4, -0.2) is 41.6 Å². The van der Waals surface area contributed by atoms with Crippen molar-refractivity contribution in [1.82, 2.24) is 10.2 Å². The van der Waals surface area contributed by atoms with Gasteiger partial charge in [-0.1, -0.05) is 19.8 Å². The Bertz CT molecular complexity index is 346. The van der Waals surface area contributed by atoms with E-state index in [0.717, 1.165) is 13.0 Å². The first-order valence-corrected chi connectivity index (χ1v) is 7.31. The van der Waals surface area contributed by atoms with E-state index < -0.39 is 5.97 Å². The van der Waals surface area contributed by atoms with Crippen molar-refractivity contribution in [3.05, 3.63) is 0 Å². The van der Waals surface area contributed by atoms with Gasteiger partial charge in [0.2, 0.25) is 0 Å². The molecule has 108 valence electrons. The monoisotopic (exact) mass is 268 g/mol. The number of carbonyl (C=O) groups is 2. The fourth-order valence-corrected chi connectivity index (χ4v) is 3.29. The van der Waals surface area contributed by atoms with Crippen molar-refractivity contribution in [2.75, 3.05) is 19.6 Å². The SMILES string of the molecule is CC1CCCC1CNC(=O)N1CCC(CC(=O)O)C1. The predicted molar refractivity (Wildman–Crippen MR) is 71.8 cm³/mol. The number of carbonyl (C=O) groups excluding carboxylic acids is 1. The molecule has 2 amide bonds. The summed E-state index contributed by atoms with van der Waals surface area (Å²) in [6.45, 7) is 4.28. The largest absolute Gasteiger partial charge is 0.481 e. The second-order valence-corrected chi connectivity index (χ2v) is 6.05. The fourth-order valence-electron chi connectivity index (χ4n) is 3.29. The summed E-state index contributed by atoms with van der Waals surface area (Å²) in [6, 6.07) is -0.0213. The van der Waals surface area contributed by atoms with Crippen molar-refractivity contribution in [2.24, 2.45) is 17.8 Å². The minimum Gasteiger partial charge on any atom is -0.481 e. The van der Waals surface area contributed by atoms with Crippen LogP contribution in [0.5, 0.6) is 0 Å². The first-order valence-electron chi connectivity index (χ1n) is 7.31. The third kappa shape index (κ3) is 3.85. The van der Waals surface area contributed by atoms with Gasteiger partial charge in [-0.05, 0) is 30.6 Å². The highest BCUT2D eigenvalue weighted by Crippen LogP contribution is 2.30. The van der Waals surface area contributed by atoms with Crippen LogP contribution in [0.1, 0.15) is 39.0 Å². The Morgan fingerprint density at radius 1 is 1.32 bits per heavy atom. The lowest BCUT2D eigenvalue weighted by molar-refractivity contribution is -0.138. The van der Waals surface area contributed by atoms with Crippen molar-refractivity contribution >= 4 is 12.0 Å². The number of hydrogen-bond acceptors (Lipinski definition) is 2. The van der Waals surface area contributed by atoms with Crippen LogP contribution in [0, 0.1) is 17.8 Å². The molecule has 0 aromatic rings. The number of aliphatic carboxylic acids is 1. The number of carboxylic acids is 1. The number of urea groups is 1. The number of amides is 2. The summed E-state index contributed by atoms with van der Waals surface area (Å²) in [5, 5.41) is 11.8. The minimum absolute atomic E-state index is 0.0213. The van der Waals surface area contributed by atoms with Gasteiger partial charge in [-0.15, -0.1) is 0 Å². The molecule has 0 spiro atoms. The maximum Gasteiger partial charge on any atom is 0.317 e. The first-order chi connectivity index (χ1) is 9.06. The number of nitrogens with one attached hydrogen (secondary N) is 1. The lowest BCUT2D eigenvalue weighted by Crippen LogP contribution is -2.41. The highest BCUT2D eigenvalue weighted by Gasteiger charge is 2.29. The molecule has 1 heterocycles. The third-order valence-corrected chi connectivity index (χ3v) is 4.59. The van der Waals surface area contributed by atoms with Crippen molar-refractivity contribution in [2.45, 2.75) is 39.0 Å². The van der Waals surface area contributed by atoms with E-state index in [9.17, 15) is 9.59 Å². The molecule has 5 nitrogen and oxygen atoms in total. The molecule has 3 unspecified atom stereocenters. The van der Waals surface area contributed by atoms with E-state index in [2.05, 4.69) is 12.2 Å². The standard InChI is InChI=1S/C14H24N2O3/c1-10-3-2-4-12(10)8-15-14(19)16-6-5-11(9-16)7-13(17)18/h10-12H,2-9H2,1H3,(H,15,19)(H,17,18). The Labute approximate surface area is 114 Å². The Morgan fingerprint density at radius 3 is 2.74 bits per heavy atom. The molecule has 2 N–H and O–H groups in total. The quantitative estimate of drug-likeness (QED) is 0.818. The number of rotatable bonds is 4. The van der Waals surface area contributed by atoms with Gasteiger partial charge in [0, 0.05) is 26.1 Å². The van der Waals surface area contributed by atoms with Crippen LogP contribution < -0.4 is 5.32 Å². The third-order valence-electron chi connectivity index (χ3n) is 4.59. The Morgan fingerprint density at radius 2 is 2.11 bits per heavy atom. The number of likely N-dealkylation sites (tertiary alicyclic amines) is 1. The van der Waals surface area contributed by atoms with E-state index in [0.29, 0.717) is 24.9 Å². The van der Waals surface area contributed by atoms with Gasteiger partial charge < -0.3 is 15.3 Å². The molecule has 0 bridgehead atoms. The summed E-state index contributed by atoms with van der Waals surface area (Å²) in [5.41, 5.74) is 0. The van der Waals surface area contributed by atoms with Crippen LogP contribution >= 0.6 is 0 Å². The molecule has 0 aromatic heterocycles. The van der Waals surface area contributed by atoms with Gasteiger partial charge in [-0.3, -0.25) is 4.79 Å². The number of carboxylic acid groups (broad SMARTS) is 1. The summed E-state index contributed by atoms with van der Waals surface area (Å²) >= 11 is 0. The summed E-state index contributed by atoms with van der Waals surface area (Å²) in [7, 11) is 0. The van der Waals surface area contributed by atoms with Gasteiger partial charge >= 0.3 is 12.0 Å². The van der Waals surface area contributed by atoms with Gasteiger partial charge in [0.25, 0.3) is 0 Å². The number of nitrogens with zero attached hydrogens (tertiary/aromatic N) is 1. The first kappa shape index (κ1) is 14.2. The summed E-state index contributed by atoms with van der Waals surface area (Å²) in [6.07, 6.45) is 4.73. The van der Waals surface area contributed by atoms with Gasteiger partial charge in [-0.25, -0.2) is 4.79 Å². The van der Waals surface area contributed by atoms with Crippen LogP contribution in [0.4, 0.5) is 4.79 Å². The molecule has 2 fully saturated rings. The van der Waals surface area contributed by atoms with Crippen LogP contribution in [0.15, 0.2) is 0 Å². The van der Waals surface area contributed by atoms with Gasteiger partial charge in [-0.2, -0.15) is 0 Å². The van der Waals surface area contributed by atoms with E-state index in [1.165, 1.54) is 19.3 Å². The summed E-state index contributed by atoms with van der Waals surface area (Å²) in [4.78, 5) is 24.4. The number of hydrogen-bond donors (Lipinski definition) is 2. The van der Waals surface area contributed by atoms with Gasteiger partial charge in [0.15, 0.2) is 0 Å². The Kier molecular flexibility index (Phi) is 4.66. The van der Waals surface area contributed by atoms with E-state index >= 15 is 0 Å². The molecule has 1 saturated heterocycles. The molecule has 0 radical (unpaired) electrons. The molecule has 1 aliphatic carbocycles. The Hall–Kier alpha value is -1.26. The molecule has 0 aromatic carbocycles. The van der Waals surface area contributed by atoms with E-state index in [1.807, 2.05) is 0 Å². The lowest BCUT2D eigenvalue weighted by atomic mass is 9.98. The Balaban J connectivity index is 1.70. The van der Waals surface area contributed by atoms with Crippen molar-refractivity contribution in [1.29, 1.82) is 0 Å². The molecule has 19 heavy (non-hydrogen) atoms. The zero-order chi connectivity index (χ0) is 13.8. The van der Waals surface area contributed by atoms with Crippen LogP contribution in [0.25, 0.3) is 0 Å². The normalized spacial score (nSPS) is 30.6. The molecule has 2 rings (SSSR count). The predicted octanol–water partition coefficient (Wildman–Crippen LogP) is 1.93. The molecule has 3 atom stereocenters. The molecular formula is C14H24N2O3. The highest BCUT2D eigenvalue weighted by atomic mass is 16.4. The lowest BCUT2D eigenvalue weighted by Gasteiger charge is -2.20. The highest BCUT2D eigenvalue weighted by molar-refractivity contribution is 5.74. The summed E-state index contributed by atoms with van der Waals surface area (Å²) < 4.78 is 0.